The molecule has 4 unspecified atom stereocenters. The molecular formula is C21H32ClN5O2S2. The number of hydrogen-bond acceptors (Lipinski definition) is 6. The molecule has 172 valence electrons. The van der Waals surface area contributed by atoms with Gasteiger partial charge in [0.1, 0.15) is 9.92 Å². The van der Waals surface area contributed by atoms with Crippen LogP contribution in [0.3, 0.4) is 0 Å². The van der Waals surface area contributed by atoms with Crippen LogP contribution in [-0.2, 0) is 31.7 Å². The van der Waals surface area contributed by atoms with Crippen LogP contribution in [0.5, 0.6) is 0 Å². The van der Waals surface area contributed by atoms with Gasteiger partial charge < -0.3 is 0 Å². The third-order valence-electron chi connectivity index (χ3n) is 4.77. The number of nitrogens with two attached hydrogens (primary N) is 1. The van der Waals surface area contributed by atoms with Crippen molar-refractivity contribution in [1.82, 2.24) is 9.97 Å². The number of pyridine rings is 2. The van der Waals surface area contributed by atoms with E-state index in [1.54, 1.807) is 24.4 Å². The van der Waals surface area contributed by atoms with Crippen LogP contribution in [-0.4, -0.2) is 24.9 Å². The lowest BCUT2D eigenvalue weighted by molar-refractivity contribution is 0.418. The Morgan fingerprint density at radius 2 is 1.52 bits per heavy atom. The monoisotopic (exact) mass is 485 g/mol. The van der Waals surface area contributed by atoms with Gasteiger partial charge >= 0.3 is 0 Å². The SMILES string of the molecule is CC(C)Cc1ccc(S(=O)(Cl)=NCC(C)CC(C)Cc2ccc(S(=N)(N)=O)cn2)cn1. The van der Waals surface area contributed by atoms with E-state index in [4.69, 9.17) is 20.6 Å². The molecule has 0 aliphatic rings. The van der Waals surface area contributed by atoms with E-state index in [9.17, 15) is 8.42 Å². The summed E-state index contributed by atoms with van der Waals surface area (Å²) >= 11 is 0. The van der Waals surface area contributed by atoms with Gasteiger partial charge in [-0.25, -0.2) is 22.7 Å². The van der Waals surface area contributed by atoms with Crippen molar-refractivity contribution in [3.8, 4) is 0 Å². The molecule has 0 aliphatic heterocycles. The van der Waals surface area contributed by atoms with Crippen molar-refractivity contribution in [2.75, 3.05) is 6.54 Å². The molecule has 0 saturated heterocycles. The first-order valence-corrected chi connectivity index (χ1v) is 14.2. The van der Waals surface area contributed by atoms with Crippen LogP contribution in [0, 0.1) is 22.5 Å². The Kier molecular flexibility index (Phi) is 9.00. The lowest BCUT2D eigenvalue weighted by atomic mass is 9.93. The van der Waals surface area contributed by atoms with Gasteiger partial charge in [0.15, 0.2) is 8.94 Å². The number of aromatic nitrogens is 2. The van der Waals surface area contributed by atoms with Gasteiger partial charge in [0, 0.05) is 34.5 Å². The fraction of sp³-hybridized carbons (Fsp3) is 0.524. The molecule has 31 heavy (non-hydrogen) atoms. The third kappa shape index (κ3) is 8.48. The van der Waals surface area contributed by atoms with Gasteiger partial charge in [0.25, 0.3) is 0 Å². The summed E-state index contributed by atoms with van der Waals surface area (Å²) in [5, 5.41) is 5.32. The second-order valence-corrected chi connectivity index (χ2v) is 13.2. The van der Waals surface area contributed by atoms with E-state index in [-0.39, 0.29) is 10.8 Å². The molecule has 0 aromatic carbocycles. The Hall–Kier alpha value is -1.55. The second-order valence-electron chi connectivity index (χ2n) is 8.59. The summed E-state index contributed by atoms with van der Waals surface area (Å²) in [5.41, 5.74) is 1.80. The maximum Gasteiger partial charge on any atom is 0.160 e. The normalized spacial score (nSPS) is 17.5. The first-order valence-electron chi connectivity index (χ1n) is 10.3. The average Bonchev–Trinajstić information content (AvgIpc) is 2.66. The van der Waals surface area contributed by atoms with Crippen LogP contribution >= 0.6 is 10.7 Å². The Balaban J connectivity index is 1.94. The van der Waals surface area contributed by atoms with Crippen LogP contribution in [0.4, 0.5) is 0 Å². The highest BCUT2D eigenvalue weighted by molar-refractivity contribution is 8.15. The second kappa shape index (κ2) is 10.8. The van der Waals surface area contributed by atoms with Crippen molar-refractivity contribution < 1.29 is 8.42 Å². The van der Waals surface area contributed by atoms with E-state index in [0.717, 1.165) is 30.7 Å². The highest BCUT2D eigenvalue weighted by Gasteiger charge is 2.14. The van der Waals surface area contributed by atoms with Crippen LogP contribution in [0.15, 0.2) is 50.8 Å². The molecular weight excluding hydrogens is 454 g/mol. The molecule has 7 nitrogen and oxygen atoms in total. The predicted molar refractivity (Wildman–Crippen MR) is 127 cm³/mol. The lowest BCUT2D eigenvalue weighted by Gasteiger charge is -2.16. The molecule has 0 bridgehead atoms. The molecule has 10 heteroatoms. The molecule has 0 aliphatic carbocycles. The summed E-state index contributed by atoms with van der Waals surface area (Å²) in [6, 6.07) is 6.96. The van der Waals surface area contributed by atoms with Gasteiger partial charge in [-0.2, -0.15) is 0 Å². The topological polar surface area (TPSA) is 122 Å². The quantitative estimate of drug-likeness (QED) is 0.467. The van der Waals surface area contributed by atoms with Crippen molar-refractivity contribution >= 4 is 29.5 Å². The van der Waals surface area contributed by atoms with E-state index in [2.05, 4.69) is 42.0 Å². The van der Waals surface area contributed by atoms with Crippen molar-refractivity contribution in [1.29, 1.82) is 4.78 Å². The Morgan fingerprint density at radius 1 is 0.968 bits per heavy atom. The van der Waals surface area contributed by atoms with Gasteiger partial charge in [-0.1, -0.05) is 27.7 Å². The van der Waals surface area contributed by atoms with Crippen molar-refractivity contribution in [3.05, 3.63) is 48.0 Å². The Labute approximate surface area is 191 Å². The fourth-order valence-corrected chi connectivity index (χ4v) is 5.25. The minimum absolute atomic E-state index is 0.193. The largest absolute Gasteiger partial charge is 0.260 e. The van der Waals surface area contributed by atoms with Crippen LogP contribution in [0.2, 0.25) is 0 Å². The van der Waals surface area contributed by atoms with E-state index in [1.807, 2.05) is 6.07 Å². The smallest absolute Gasteiger partial charge is 0.160 e. The molecule has 2 aromatic rings. The maximum atomic E-state index is 12.8. The molecule has 0 radical (unpaired) electrons. The summed E-state index contributed by atoms with van der Waals surface area (Å²) in [6.07, 6.45) is 5.42. The predicted octanol–water partition coefficient (Wildman–Crippen LogP) is 4.84. The van der Waals surface area contributed by atoms with E-state index < -0.39 is 18.9 Å². The van der Waals surface area contributed by atoms with Gasteiger partial charge in [0.05, 0.1) is 16.3 Å². The minimum Gasteiger partial charge on any atom is -0.260 e. The van der Waals surface area contributed by atoms with Gasteiger partial charge in [-0.15, -0.1) is 0 Å². The fourth-order valence-electron chi connectivity index (χ4n) is 3.31. The first-order chi connectivity index (χ1) is 14.4. The molecule has 4 atom stereocenters. The van der Waals surface area contributed by atoms with Crippen molar-refractivity contribution in [2.45, 2.75) is 56.7 Å². The number of hydrogen-bond donors (Lipinski definition) is 2. The Morgan fingerprint density at radius 3 is 2.00 bits per heavy atom. The highest BCUT2D eigenvalue weighted by Crippen LogP contribution is 2.22. The number of halogens is 1. The van der Waals surface area contributed by atoms with Crippen LogP contribution < -0.4 is 5.14 Å². The van der Waals surface area contributed by atoms with Crippen molar-refractivity contribution in [2.24, 2.45) is 27.3 Å². The van der Waals surface area contributed by atoms with Gasteiger partial charge in [0.2, 0.25) is 0 Å². The molecule has 0 amide bonds. The van der Waals surface area contributed by atoms with Crippen LogP contribution in [0.1, 0.15) is 45.5 Å². The van der Waals surface area contributed by atoms with E-state index in [0.29, 0.717) is 23.3 Å². The standard InChI is InChI=1S/C21H32ClN5O2S2/c1-15(2)9-18-5-7-20(13-25-18)30(22,28)27-12-17(4)10-16(3)11-19-6-8-21(14-26-19)31(23,24)29/h5-8,13-17H,9-12H2,1-4H3,(H3,23,24,29). The van der Waals surface area contributed by atoms with E-state index >= 15 is 0 Å². The maximum absolute atomic E-state index is 12.8. The molecule has 2 rings (SSSR count). The molecule has 2 heterocycles. The Bertz CT molecular complexity index is 1080. The zero-order chi connectivity index (χ0) is 23.2. The van der Waals surface area contributed by atoms with E-state index in [1.165, 1.54) is 6.20 Å². The number of nitrogens with one attached hydrogen (secondary N) is 1. The highest BCUT2D eigenvalue weighted by atomic mass is 35.7. The van der Waals surface area contributed by atoms with Gasteiger partial charge in [-0.05, 0) is 61.3 Å². The lowest BCUT2D eigenvalue weighted by Crippen LogP contribution is -2.12. The van der Waals surface area contributed by atoms with Gasteiger partial charge in [-0.3, -0.25) is 9.97 Å². The molecule has 0 spiro atoms. The zero-order valence-corrected chi connectivity index (χ0v) is 20.8. The molecule has 3 N–H and O–H groups in total. The zero-order valence-electron chi connectivity index (χ0n) is 18.5. The molecule has 0 saturated carbocycles. The minimum atomic E-state index is -3.24. The van der Waals surface area contributed by atoms with Crippen LogP contribution in [0.25, 0.3) is 0 Å². The summed E-state index contributed by atoms with van der Waals surface area (Å²) in [4.78, 5) is 9.29. The number of rotatable bonds is 10. The summed E-state index contributed by atoms with van der Waals surface area (Å²) in [7, 11) is 0.00672. The third-order valence-corrected chi connectivity index (χ3v) is 7.84. The first kappa shape index (κ1) is 25.7. The summed E-state index contributed by atoms with van der Waals surface area (Å²) in [5.74, 6) is 1.00. The average molecular weight is 486 g/mol. The summed E-state index contributed by atoms with van der Waals surface area (Å²) in [6.45, 7) is 8.80. The van der Waals surface area contributed by atoms with Crippen molar-refractivity contribution in [3.63, 3.8) is 0 Å². The molecule has 0 fully saturated rings. The number of nitrogens with zero attached hydrogens (tertiary/aromatic N) is 3. The summed E-state index contributed by atoms with van der Waals surface area (Å²) < 4.78 is 36.0. The molecule has 2 aromatic heterocycles.